The third-order valence-corrected chi connectivity index (χ3v) is 13.0. The summed E-state index contributed by atoms with van der Waals surface area (Å²) in [6.45, 7) is 0. The van der Waals surface area contributed by atoms with Gasteiger partial charge in [-0.2, -0.15) is 25.3 Å². The van der Waals surface area contributed by atoms with Crippen LogP contribution in [0.3, 0.4) is 0 Å². The van der Waals surface area contributed by atoms with Gasteiger partial charge in [0.25, 0.3) is 30.4 Å². The smallest absolute Gasteiger partial charge is 0.296 e. The van der Waals surface area contributed by atoms with Crippen molar-refractivity contribution in [3.8, 4) is 23.0 Å². The largest absolute Gasteiger partial charge is 0.505 e. The molecule has 23 heteroatoms. The minimum atomic E-state index is -5.03. The Morgan fingerprint density at radius 2 is 0.956 bits per heavy atom. The van der Waals surface area contributed by atoms with Crippen LogP contribution in [0.1, 0.15) is 0 Å². The molecule has 5 N–H and O–H groups in total. The van der Waals surface area contributed by atoms with Gasteiger partial charge >= 0.3 is 0 Å². The first-order valence-electron chi connectivity index (χ1n) is 19.6. The van der Waals surface area contributed by atoms with Crippen molar-refractivity contribution in [3.63, 3.8) is 0 Å². The number of anilines is 2. The van der Waals surface area contributed by atoms with Crippen molar-refractivity contribution in [1.29, 1.82) is 0 Å². The quantitative estimate of drug-likeness (QED) is 0.0500. The molecule has 8 rings (SSSR count). The number of hydrogen-bond acceptors (Lipinski definition) is 17. The van der Waals surface area contributed by atoms with Crippen molar-refractivity contribution in [3.05, 3.63) is 127 Å². The number of aromatic hydroxyl groups is 1. The van der Waals surface area contributed by atoms with E-state index in [9.17, 15) is 44.0 Å². The standard InChI is InChI=1S/C45H35N7O13S3/c1-63-28-11-8-26(9-12-28)46-27-10-14-30-25(20-27)21-43(68(60,61)62)44(45(30)53)52-49-37-17-16-35(32-15-13-29(22-34(32)37)66(54,55)56)47-50-38-23-41(65-3)39(24-40(38)64-2)51-48-36-18-19-42(67(57,58)59)33-7-5-4-6-31(33)36/h4-24,46,53H,1-3H3,(H,54,55,56)(H,57,58,59)(H,60,61,62). The summed E-state index contributed by atoms with van der Waals surface area (Å²) in [5, 5.41) is 41.4. The molecular formula is C45H35N7O13S3. The van der Waals surface area contributed by atoms with E-state index in [1.807, 2.05) is 0 Å². The highest BCUT2D eigenvalue weighted by Gasteiger charge is 2.23. The lowest BCUT2D eigenvalue weighted by molar-refractivity contribution is 0.405. The third-order valence-electron chi connectivity index (χ3n) is 10.4. The molecule has 20 nitrogen and oxygen atoms in total. The van der Waals surface area contributed by atoms with Gasteiger partial charge in [-0.1, -0.05) is 30.3 Å². The Balaban J connectivity index is 1.15. The maximum atomic E-state index is 12.7. The lowest BCUT2D eigenvalue weighted by atomic mass is 10.1. The van der Waals surface area contributed by atoms with Crippen LogP contribution in [0, 0.1) is 0 Å². The van der Waals surface area contributed by atoms with Crippen molar-refractivity contribution in [2.75, 3.05) is 26.6 Å². The summed E-state index contributed by atoms with van der Waals surface area (Å²) in [5.74, 6) is 0.336. The van der Waals surface area contributed by atoms with E-state index in [4.69, 9.17) is 14.2 Å². The van der Waals surface area contributed by atoms with Gasteiger partial charge in [0.1, 0.15) is 44.1 Å². The number of benzene rings is 8. The summed E-state index contributed by atoms with van der Waals surface area (Å²) >= 11 is 0. The minimum Gasteiger partial charge on any atom is -0.505 e. The van der Waals surface area contributed by atoms with Crippen LogP contribution in [0.15, 0.2) is 173 Å². The van der Waals surface area contributed by atoms with Crippen LogP contribution in [-0.2, 0) is 30.4 Å². The Hall–Kier alpha value is -7.93. The predicted molar refractivity (Wildman–Crippen MR) is 251 cm³/mol. The van der Waals surface area contributed by atoms with Crippen molar-refractivity contribution in [2.24, 2.45) is 30.7 Å². The number of fused-ring (bicyclic) bond motifs is 3. The van der Waals surface area contributed by atoms with E-state index in [-0.39, 0.29) is 71.8 Å². The summed E-state index contributed by atoms with van der Waals surface area (Å²) in [6, 6.07) is 31.1. The Bertz CT molecular complexity index is 3780. The SMILES string of the molecule is COc1ccc(Nc2ccc3c(O)c(N=Nc4ccc(N=Nc5cc(OC)c(N=Nc6ccc(S(=O)(=O)O)c7ccccc67)cc5OC)c5ccc(S(=O)(=O)O)cc45)c(S(=O)(=O)O)cc3c2)cc1. The molecule has 0 atom stereocenters. The van der Waals surface area contributed by atoms with E-state index < -0.39 is 51.6 Å². The summed E-state index contributed by atoms with van der Waals surface area (Å²) in [7, 11) is -10.0. The Morgan fingerprint density at radius 1 is 0.441 bits per heavy atom. The van der Waals surface area contributed by atoms with Gasteiger partial charge in [-0.15, -0.1) is 30.7 Å². The summed E-state index contributed by atoms with van der Waals surface area (Å²) < 4.78 is 120. The van der Waals surface area contributed by atoms with Gasteiger partial charge in [0.2, 0.25) is 0 Å². The van der Waals surface area contributed by atoms with Crippen molar-refractivity contribution in [2.45, 2.75) is 14.7 Å². The van der Waals surface area contributed by atoms with Gasteiger partial charge in [-0.05, 0) is 90.3 Å². The first-order valence-corrected chi connectivity index (χ1v) is 23.9. The Kier molecular flexibility index (Phi) is 12.6. The number of phenols is 1. The van der Waals surface area contributed by atoms with E-state index in [1.54, 1.807) is 54.6 Å². The summed E-state index contributed by atoms with van der Waals surface area (Å²) in [5.41, 5.74) is 1.28. The molecule has 0 unspecified atom stereocenters. The van der Waals surface area contributed by atoms with E-state index in [0.717, 1.165) is 18.2 Å². The van der Waals surface area contributed by atoms with Crippen molar-refractivity contribution >= 4 is 108 Å². The molecule has 0 spiro atoms. The number of hydrogen-bond donors (Lipinski definition) is 5. The van der Waals surface area contributed by atoms with Crippen LogP contribution in [-0.4, -0.2) is 65.3 Å². The van der Waals surface area contributed by atoms with E-state index >= 15 is 0 Å². The summed E-state index contributed by atoms with van der Waals surface area (Å²) in [4.78, 5) is -1.60. The van der Waals surface area contributed by atoms with Gasteiger partial charge < -0.3 is 24.6 Å². The minimum absolute atomic E-state index is 0.0423. The highest BCUT2D eigenvalue weighted by molar-refractivity contribution is 7.86. The number of azo groups is 3. The fraction of sp³-hybridized carbons (Fsp3) is 0.0667. The van der Waals surface area contributed by atoms with Gasteiger partial charge in [0.15, 0.2) is 5.75 Å². The first-order chi connectivity index (χ1) is 32.4. The Labute approximate surface area is 387 Å². The average Bonchev–Trinajstić information content (AvgIpc) is 3.31. The van der Waals surface area contributed by atoms with Crippen LogP contribution >= 0.6 is 0 Å². The molecule has 0 saturated heterocycles. The number of nitrogens with one attached hydrogen (secondary N) is 1. The fourth-order valence-corrected chi connectivity index (χ4v) is 8.96. The maximum absolute atomic E-state index is 12.7. The Morgan fingerprint density at radius 3 is 1.53 bits per heavy atom. The second-order valence-corrected chi connectivity index (χ2v) is 18.7. The molecule has 8 aromatic carbocycles. The zero-order chi connectivity index (χ0) is 48.5. The topological polar surface area (TPSA) is 297 Å². The van der Waals surface area contributed by atoms with Gasteiger partial charge in [0, 0.05) is 50.4 Å². The monoisotopic (exact) mass is 977 g/mol. The second-order valence-electron chi connectivity index (χ2n) is 14.5. The van der Waals surface area contributed by atoms with Crippen LogP contribution in [0.5, 0.6) is 23.0 Å². The van der Waals surface area contributed by atoms with Gasteiger partial charge in [0.05, 0.1) is 43.3 Å². The van der Waals surface area contributed by atoms with Crippen molar-refractivity contribution < 1.29 is 58.2 Å². The molecule has 0 saturated carbocycles. The van der Waals surface area contributed by atoms with E-state index in [2.05, 4.69) is 36.0 Å². The molecule has 0 bridgehead atoms. The van der Waals surface area contributed by atoms with Gasteiger partial charge in [-0.3, -0.25) is 13.7 Å². The van der Waals surface area contributed by atoms with Crippen LogP contribution in [0.25, 0.3) is 32.3 Å². The molecule has 346 valence electrons. The zero-order valence-corrected chi connectivity index (χ0v) is 37.9. The molecule has 68 heavy (non-hydrogen) atoms. The molecule has 0 aromatic heterocycles. The summed E-state index contributed by atoms with van der Waals surface area (Å²) in [6.07, 6.45) is 0. The number of rotatable bonds is 14. The van der Waals surface area contributed by atoms with E-state index in [0.29, 0.717) is 22.5 Å². The van der Waals surface area contributed by atoms with Crippen molar-refractivity contribution in [1.82, 2.24) is 0 Å². The predicted octanol–water partition coefficient (Wildman–Crippen LogP) is 11.6. The van der Waals surface area contributed by atoms with Gasteiger partial charge in [-0.25, -0.2) is 0 Å². The number of phenolic OH excluding ortho intramolecular Hbond substituents is 1. The lowest BCUT2D eigenvalue weighted by Gasteiger charge is -2.12. The highest BCUT2D eigenvalue weighted by atomic mass is 32.2. The van der Waals surface area contributed by atoms with Crippen LogP contribution < -0.4 is 19.5 Å². The molecule has 8 aromatic rings. The number of nitrogens with zero attached hydrogens (tertiary/aromatic N) is 6. The zero-order valence-electron chi connectivity index (χ0n) is 35.5. The molecule has 0 aliphatic carbocycles. The molecule has 0 amide bonds. The molecule has 0 aliphatic rings. The first kappa shape index (κ1) is 46.6. The lowest BCUT2D eigenvalue weighted by Crippen LogP contribution is -1.99. The molecular weight excluding hydrogens is 943 g/mol. The van der Waals surface area contributed by atoms with Crippen LogP contribution in [0.4, 0.5) is 45.5 Å². The number of ether oxygens (including phenoxy) is 3. The van der Waals surface area contributed by atoms with E-state index in [1.165, 1.54) is 75.9 Å². The molecule has 0 radical (unpaired) electrons. The molecule has 0 aliphatic heterocycles. The molecule has 0 fully saturated rings. The van der Waals surface area contributed by atoms with Crippen LogP contribution in [0.2, 0.25) is 0 Å². The normalized spacial score (nSPS) is 12.5. The fourth-order valence-electron chi connectivity index (χ4n) is 7.10. The molecule has 0 heterocycles. The third kappa shape index (κ3) is 9.64. The maximum Gasteiger partial charge on any atom is 0.296 e. The highest BCUT2D eigenvalue weighted by Crippen LogP contribution is 2.45. The average molecular weight is 978 g/mol. The second kappa shape index (κ2) is 18.4. The number of methoxy groups -OCH3 is 3.